The molecule has 1 aliphatic rings. The second-order valence-electron chi connectivity index (χ2n) is 5.74. The van der Waals surface area contributed by atoms with E-state index >= 15 is 0 Å². The van der Waals surface area contributed by atoms with Gasteiger partial charge in [0.05, 0.1) is 10.4 Å². The minimum absolute atomic E-state index is 0. The fourth-order valence-electron chi connectivity index (χ4n) is 2.53. The van der Waals surface area contributed by atoms with E-state index in [1.54, 1.807) is 12.1 Å². The molecule has 0 radical (unpaired) electrons. The van der Waals surface area contributed by atoms with E-state index in [4.69, 9.17) is 5.73 Å². The highest BCUT2D eigenvalue weighted by Gasteiger charge is 2.36. The molecule has 0 atom stereocenters. The molecular weight excluding hydrogens is 338 g/mol. The molecule has 1 fully saturated rings. The van der Waals surface area contributed by atoms with Gasteiger partial charge in [0.25, 0.3) is 0 Å². The molecule has 23 heavy (non-hydrogen) atoms. The Morgan fingerprint density at radius 3 is 2.30 bits per heavy atom. The fourth-order valence-corrected chi connectivity index (χ4v) is 3.66. The standard InChI is InChI=1S/C15H23N3O3S.ClH/c1-2-11-17-22(20,21)13-7-5-12(6-8-13)18-14(19)15(16)9-3-4-10-15;/h5-8,17H,2-4,9-11,16H2,1H3,(H,18,19);1H. The summed E-state index contributed by atoms with van der Waals surface area (Å²) >= 11 is 0. The molecule has 6 nitrogen and oxygen atoms in total. The first-order valence-corrected chi connectivity index (χ1v) is 9.06. The molecule has 0 spiro atoms. The highest BCUT2D eigenvalue weighted by Crippen LogP contribution is 2.28. The van der Waals surface area contributed by atoms with Gasteiger partial charge in [-0.1, -0.05) is 19.8 Å². The van der Waals surface area contributed by atoms with Crippen molar-refractivity contribution in [2.45, 2.75) is 49.5 Å². The number of carbonyl (C=O) groups is 1. The number of carbonyl (C=O) groups excluding carboxylic acids is 1. The average Bonchev–Trinajstić information content (AvgIpc) is 2.94. The Hall–Kier alpha value is -1.15. The number of anilines is 1. The van der Waals surface area contributed by atoms with Crippen LogP contribution in [-0.2, 0) is 14.8 Å². The number of sulfonamides is 1. The molecular formula is C15H24ClN3O3S. The zero-order valence-electron chi connectivity index (χ0n) is 13.2. The first kappa shape index (κ1) is 19.9. The Kier molecular flexibility index (Phi) is 7.01. The van der Waals surface area contributed by atoms with Crippen LogP contribution in [0, 0.1) is 0 Å². The average molecular weight is 362 g/mol. The van der Waals surface area contributed by atoms with E-state index < -0.39 is 15.6 Å². The van der Waals surface area contributed by atoms with Crippen LogP contribution in [0.2, 0.25) is 0 Å². The lowest BCUT2D eigenvalue weighted by Crippen LogP contribution is -2.48. The number of rotatable bonds is 6. The molecule has 130 valence electrons. The van der Waals surface area contributed by atoms with Crippen LogP contribution in [0.15, 0.2) is 29.2 Å². The second-order valence-corrected chi connectivity index (χ2v) is 7.51. The van der Waals surface area contributed by atoms with Crippen molar-refractivity contribution in [3.05, 3.63) is 24.3 Å². The van der Waals surface area contributed by atoms with Crippen LogP contribution in [-0.4, -0.2) is 26.4 Å². The van der Waals surface area contributed by atoms with Gasteiger partial charge < -0.3 is 11.1 Å². The van der Waals surface area contributed by atoms with E-state index in [0.29, 0.717) is 25.1 Å². The third kappa shape index (κ3) is 4.91. The van der Waals surface area contributed by atoms with Crippen molar-refractivity contribution in [1.82, 2.24) is 4.72 Å². The van der Waals surface area contributed by atoms with Gasteiger partial charge in [0, 0.05) is 12.2 Å². The Labute approximate surface area is 143 Å². The Bertz CT molecular complexity index is 626. The number of benzene rings is 1. The molecule has 8 heteroatoms. The first-order chi connectivity index (χ1) is 10.4. The highest BCUT2D eigenvalue weighted by molar-refractivity contribution is 7.89. The summed E-state index contributed by atoms with van der Waals surface area (Å²) in [5.74, 6) is -0.204. The summed E-state index contributed by atoms with van der Waals surface area (Å²) in [4.78, 5) is 12.4. The zero-order chi connectivity index (χ0) is 16.2. The minimum atomic E-state index is -3.48. The van der Waals surface area contributed by atoms with Crippen LogP contribution in [0.5, 0.6) is 0 Å². The van der Waals surface area contributed by atoms with E-state index in [1.807, 2.05) is 6.92 Å². The van der Waals surface area contributed by atoms with E-state index in [9.17, 15) is 13.2 Å². The summed E-state index contributed by atoms with van der Waals surface area (Å²) in [7, 11) is -3.48. The van der Waals surface area contributed by atoms with Crippen LogP contribution in [0.1, 0.15) is 39.0 Å². The van der Waals surface area contributed by atoms with Gasteiger partial charge in [0.15, 0.2) is 0 Å². The second kappa shape index (κ2) is 8.10. The first-order valence-electron chi connectivity index (χ1n) is 7.57. The molecule has 0 aliphatic heterocycles. The Balaban J connectivity index is 0.00000264. The maximum Gasteiger partial charge on any atom is 0.244 e. The van der Waals surface area contributed by atoms with Gasteiger partial charge >= 0.3 is 0 Å². The number of hydrogen-bond donors (Lipinski definition) is 3. The van der Waals surface area contributed by atoms with Gasteiger partial charge in [-0.2, -0.15) is 0 Å². The topological polar surface area (TPSA) is 101 Å². The van der Waals surface area contributed by atoms with Gasteiger partial charge in [-0.3, -0.25) is 4.79 Å². The van der Waals surface area contributed by atoms with Crippen molar-refractivity contribution in [2.75, 3.05) is 11.9 Å². The maximum absolute atomic E-state index is 12.2. The molecule has 1 aromatic carbocycles. The van der Waals surface area contributed by atoms with Gasteiger partial charge in [-0.25, -0.2) is 13.1 Å². The molecule has 1 amide bonds. The molecule has 0 bridgehead atoms. The molecule has 4 N–H and O–H groups in total. The minimum Gasteiger partial charge on any atom is -0.324 e. The lowest BCUT2D eigenvalue weighted by molar-refractivity contribution is -0.121. The number of amides is 1. The van der Waals surface area contributed by atoms with Crippen LogP contribution in [0.3, 0.4) is 0 Å². The van der Waals surface area contributed by atoms with Crippen LogP contribution in [0.25, 0.3) is 0 Å². The van der Waals surface area contributed by atoms with Crippen molar-refractivity contribution < 1.29 is 13.2 Å². The van der Waals surface area contributed by atoms with Crippen molar-refractivity contribution in [3.63, 3.8) is 0 Å². The summed E-state index contributed by atoms with van der Waals surface area (Å²) in [6.45, 7) is 2.29. The summed E-state index contributed by atoms with van der Waals surface area (Å²) in [5.41, 5.74) is 5.84. The van der Waals surface area contributed by atoms with Crippen LogP contribution >= 0.6 is 12.4 Å². The monoisotopic (exact) mass is 361 g/mol. The molecule has 0 unspecified atom stereocenters. The number of nitrogens with two attached hydrogens (primary N) is 1. The van der Waals surface area contributed by atoms with Crippen LogP contribution in [0.4, 0.5) is 5.69 Å². The van der Waals surface area contributed by atoms with Gasteiger partial charge in [-0.05, 0) is 43.5 Å². The molecule has 1 aliphatic carbocycles. The summed E-state index contributed by atoms with van der Waals surface area (Å²) in [6.07, 6.45) is 4.03. The largest absolute Gasteiger partial charge is 0.324 e. The third-order valence-corrected chi connectivity index (χ3v) is 5.39. The van der Waals surface area contributed by atoms with Crippen molar-refractivity contribution in [1.29, 1.82) is 0 Å². The SMILES string of the molecule is CCCNS(=O)(=O)c1ccc(NC(=O)C2(N)CCCC2)cc1.Cl. The third-order valence-electron chi connectivity index (χ3n) is 3.91. The highest BCUT2D eigenvalue weighted by atomic mass is 35.5. The van der Waals surface area contributed by atoms with E-state index in [0.717, 1.165) is 19.3 Å². The number of halogens is 1. The maximum atomic E-state index is 12.2. The van der Waals surface area contributed by atoms with Gasteiger partial charge in [0.2, 0.25) is 15.9 Å². The van der Waals surface area contributed by atoms with Crippen molar-refractivity contribution in [3.8, 4) is 0 Å². The molecule has 0 heterocycles. The van der Waals surface area contributed by atoms with E-state index in [1.165, 1.54) is 12.1 Å². The summed E-state index contributed by atoms with van der Waals surface area (Å²) in [6, 6.07) is 6.12. The lowest BCUT2D eigenvalue weighted by atomic mass is 9.98. The number of nitrogens with one attached hydrogen (secondary N) is 2. The lowest BCUT2D eigenvalue weighted by Gasteiger charge is -2.22. The van der Waals surface area contributed by atoms with E-state index in [2.05, 4.69) is 10.0 Å². The molecule has 2 rings (SSSR count). The fraction of sp³-hybridized carbons (Fsp3) is 0.533. The van der Waals surface area contributed by atoms with Gasteiger partial charge in [0.1, 0.15) is 0 Å². The Morgan fingerprint density at radius 1 is 1.22 bits per heavy atom. The van der Waals surface area contributed by atoms with E-state index in [-0.39, 0.29) is 23.2 Å². The van der Waals surface area contributed by atoms with Crippen molar-refractivity contribution >= 4 is 34.0 Å². The molecule has 0 saturated heterocycles. The predicted octanol–water partition coefficient (Wildman–Crippen LogP) is 2.01. The zero-order valence-corrected chi connectivity index (χ0v) is 14.8. The van der Waals surface area contributed by atoms with Gasteiger partial charge in [-0.15, -0.1) is 12.4 Å². The summed E-state index contributed by atoms with van der Waals surface area (Å²) < 4.78 is 26.4. The smallest absolute Gasteiger partial charge is 0.244 e. The van der Waals surface area contributed by atoms with Crippen molar-refractivity contribution in [2.24, 2.45) is 5.73 Å². The molecule has 1 saturated carbocycles. The quantitative estimate of drug-likeness (QED) is 0.721. The normalized spacial score (nSPS) is 16.6. The van der Waals surface area contributed by atoms with Crippen LogP contribution < -0.4 is 15.8 Å². The summed E-state index contributed by atoms with van der Waals surface area (Å²) in [5, 5.41) is 2.77. The molecule has 0 aromatic heterocycles. The Morgan fingerprint density at radius 2 is 1.78 bits per heavy atom. The number of hydrogen-bond acceptors (Lipinski definition) is 4. The molecule has 1 aromatic rings. The predicted molar refractivity (Wildman–Crippen MR) is 93.2 cm³/mol.